The van der Waals surface area contributed by atoms with Gasteiger partial charge in [-0.15, -0.1) is 0 Å². The van der Waals surface area contributed by atoms with Gasteiger partial charge in [-0.25, -0.2) is 4.98 Å². The maximum atomic E-state index is 12.8. The lowest BCUT2D eigenvalue weighted by molar-refractivity contribution is -0.137. The summed E-state index contributed by atoms with van der Waals surface area (Å²) in [5.41, 5.74) is 2.05. The molecule has 0 atom stereocenters. The van der Waals surface area contributed by atoms with Gasteiger partial charge in [-0.05, 0) is 43.5 Å². The molecule has 3 aromatic heterocycles. The summed E-state index contributed by atoms with van der Waals surface area (Å²) in [5, 5.41) is 0. The van der Waals surface area contributed by atoms with Crippen LogP contribution in [0.15, 0.2) is 53.5 Å². The number of hydrogen-bond acceptors (Lipinski definition) is 5. The zero-order valence-electron chi connectivity index (χ0n) is 18.2. The summed E-state index contributed by atoms with van der Waals surface area (Å²) in [7, 11) is 1.71. The lowest BCUT2D eigenvalue weighted by atomic mass is 10.2. The van der Waals surface area contributed by atoms with Crippen LogP contribution in [-0.4, -0.2) is 31.1 Å². The highest BCUT2D eigenvalue weighted by Gasteiger charge is 2.30. The Balaban J connectivity index is 1.76. The number of aryl methyl sites for hydroxylation is 3. The molecule has 3 heterocycles. The molecule has 0 bridgehead atoms. The van der Waals surface area contributed by atoms with Crippen molar-refractivity contribution in [3.05, 3.63) is 70.4 Å². The smallest absolute Gasteiger partial charge is 0.416 e. The fourth-order valence-electron chi connectivity index (χ4n) is 3.59. The van der Waals surface area contributed by atoms with E-state index in [0.29, 0.717) is 11.5 Å². The molecular weight excluding hydrogens is 453 g/mol. The van der Waals surface area contributed by atoms with Gasteiger partial charge >= 0.3 is 6.18 Å². The second-order valence-electron chi connectivity index (χ2n) is 7.46. The van der Waals surface area contributed by atoms with Gasteiger partial charge in [0.05, 0.1) is 22.3 Å². The third-order valence-corrected chi connectivity index (χ3v) is 5.76. The quantitative estimate of drug-likeness (QED) is 0.381. The van der Waals surface area contributed by atoms with Crippen LogP contribution < -0.4 is 10.3 Å². The Morgan fingerprint density at radius 3 is 2.48 bits per heavy atom. The van der Waals surface area contributed by atoms with Crippen molar-refractivity contribution < 1.29 is 17.9 Å². The molecule has 0 aliphatic rings. The Kier molecular flexibility index (Phi) is 6.20. The summed E-state index contributed by atoms with van der Waals surface area (Å²) in [5.74, 6) is 1.75. The van der Waals surface area contributed by atoms with Gasteiger partial charge in [-0.1, -0.05) is 0 Å². The monoisotopic (exact) mass is 474 g/mol. The van der Waals surface area contributed by atoms with E-state index in [1.807, 2.05) is 12.5 Å². The lowest BCUT2D eigenvalue weighted by Gasteiger charge is -2.10. The number of pyridine rings is 1. The third-order valence-electron chi connectivity index (χ3n) is 5.17. The van der Waals surface area contributed by atoms with Gasteiger partial charge in [0.1, 0.15) is 11.6 Å². The molecule has 0 N–H and O–H groups in total. The minimum atomic E-state index is -4.42. The van der Waals surface area contributed by atoms with Crippen LogP contribution in [-0.2, 0) is 19.8 Å². The van der Waals surface area contributed by atoms with E-state index >= 15 is 0 Å². The number of rotatable bonds is 6. The van der Waals surface area contributed by atoms with Gasteiger partial charge in [0.2, 0.25) is 5.88 Å². The van der Waals surface area contributed by atoms with Crippen LogP contribution >= 0.6 is 11.8 Å². The molecule has 0 aliphatic heterocycles. The Hall–Kier alpha value is -3.27. The molecule has 0 fully saturated rings. The number of aromatic nitrogens is 4. The largest absolute Gasteiger partial charge is 0.439 e. The van der Waals surface area contributed by atoms with Crippen LogP contribution in [0.1, 0.15) is 11.4 Å². The van der Waals surface area contributed by atoms with E-state index in [1.165, 1.54) is 18.2 Å². The standard InChI is InChI=1S/C23H21F3N4O2S/c1-14-27-18(12-20(28-14)32-16-6-4-15(5-7-16)23(24,25)26)17-13-30(10-11-33-3)19-8-9-21(31)29(2)22(17)19/h4-9,12-13H,10-11H2,1-3H3. The molecule has 6 nitrogen and oxygen atoms in total. The van der Waals surface area contributed by atoms with E-state index in [9.17, 15) is 18.0 Å². The number of benzene rings is 1. The van der Waals surface area contributed by atoms with Gasteiger partial charge in [0.25, 0.3) is 5.56 Å². The van der Waals surface area contributed by atoms with Crippen LogP contribution in [0.2, 0.25) is 0 Å². The molecule has 0 aliphatic carbocycles. The Morgan fingerprint density at radius 2 is 1.82 bits per heavy atom. The molecule has 0 unspecified atom stereocenters. The summed E-state index contributed by atoms with van der Waals surface area (Å²) in [6, 6.07) is 9.37. The number of halogens is 3. The first-order chi connectivity index (χ1) is 15.7. The Labute approximate surface area is 192 Å². The Morgan fingerprint density at radius 1 is 1.09 bits per heavy atom. The van der Waals surface area contributed by atoms with E-state index in [-0.39, 0.29) is 17.2 Å². The lowest BCUT2D eigenvalue weighted by Crippen LogP contribution is -2.15. The van der Waals surface area contributed by atoms with Crippen molar-refractivity contribution in [3.8, 4) is 22.9 Å². The summed E-state index contributed by atoms with van der Waals surface area (Å²) >= 11 is 1.72. The molecular formula is C23H21F3N4O2S. The molecule has 1 aromatic carbocycles. The van der Waals surface area contributed by atoms with Gasteiger partial charge in [0.15, 0.2) is 0 Å². The van der Waals surface area contributed by atoms with Crippen LogP contribution in [0, 0.1) is 6.92 Å². The summed E-state index contributed by atoms with van der Waals surface area (Å²) in [4.78, 5) is 21.1. The van der Waals surface area contributed by atoms with Crippen molar-refractivity contribution in [2.24, 2.45) is 7.05 Å². The average Bonchev–Trinajstić information content (AvgIpc) is 3.13. The first kappa shape index (κ1) is 22.9. The predicted octanol–water partition coefficient (Wildman–Crippen LogP) is 5.28. The highest BCUT2D eigenvalue weighted by atomic mass is 32.2. The van der Waals surface area contributed by atoms with Crippen LogP contribution in [0.3, 0.4) is 0 Å². The molecule has 4 rings (SSSR count). The fraction of sp³-hybridized carbons (Fsp3) is 0.261. The zero-order chi connectivity index (χ0) is 23.8. The average molecular weight is 475 g/mol. The van der Waals surface area contributed by atoms with Gasteiger partial charge in [-0.2, -0.15) is 29.9 Å². The summed E-state index contributed by atoms with van der Waals surface area (Å²) in [6.07, 6.45) is -0.442. The molecule has 4 aromatic rings. The maximum absolute atomic E-state index is 12.8. The van der Waals surface area contributed by atoms with Crippen LogP contribution in [0.4, 0.5) is 13.2 Å². The van der Waals surface area contributed by atoms with E-state index in [4.69, 9.17) is 4.74 Å². The van der Waals surface area contributed by atoms with E-state index in [0.717, 1.165) is 41.0 Å². The Bertz CT molecular complexity index is 1360. The second kappa shape index (κ2) is 8.93. The van der Waals surface area contributed by atoms with Gasteiger partial charge in [0, 0.05) is 43.2 Å². The van der Waals surface area contributed by atoms with E-state index in [2.05, 4.69) is 14.5 Å². The summed E-state index contributed by atoms with van der Waals surface area (Å²) in [6.45, 7) is 2.46. The first-order valence-electron chi connectivity index (χ1n) is 10.1. The number of fused-ring (bicyclic) bond motifs is 1. The van der Waals surface area contributed by atoms with Crippen LogP contribution in [0.5, 0.6) is 11.6 Å². The highest BCUT2D eigenvalue weighted by Crippen LogP contribution is 2.33. The molecule has 33 heavy (non-hydrogen) atoms. The van der Waals surface area contributed by atoms with Crippen molar-refractivity contribution in [3.63, 3.8) is 0 Å². The van der Waals surface area contributed by atoms with E-state index in [1.54, 1.807) is 42.4 Å². The number of hydrogen-bond donors (Lipinski definition) is 0. The molecule has 0 amide bonds. The molecule has 0 saturated carbocycles. The number of nitrogens with zero attached hydrogens (tertiary/aromatic N) is 4. The van der Waals surface area contributed by atoms with Crippen molar-refractivity contribution in [1.29, 1.82) is 0 Å². The van der Waals surface area contributed by atoms with Crippen molar-refractivity contribution in [2.75, 3.05) is 12.0 Å². The van der Waals surface area contributed by atoms with Gasteiger partial charge in [-0.3, -0.25) is 4.79 Å². The fourth-order valence-corrected chi connectivity index (χ4v) is 3.96. The maximum Gasteiger partial charge on any atom is 0.416 e. The minimum Gasteiger partial charge on any atom is -0.439 e. The number of ether oxygens (including phenoxy) is 1. The summed E-state index contributed by atoms with van der Waals surface area (Å²) < 4.78 is 47.8. The molecule has 0 saturated heterocycles. The number of thioether (sulfide) groups is 1. The zero-order valence-corrected chi connectivity index (χ0v) is 19.0. The number of alkyl halides is 3. The molecule has 0 spiro atoms. The SMILES string of the molecule is CSCCn1cc(-c2cc(Oc3ccc(C(F)(F)F)cc3)nc(C)n2)c2c1ccc(=O)n2C. The van der Waals surface area contributed by atoms with Crippen molar-refractivity contribution in [1.82, 2.24) is 19.1 Å². The van der Waals surface area contributed by atoms with E-state index < -0.39 is 11.7 Å². The topological polar surface area (TPSA) is 61.9 Å². The molecule has 172 valence electrons. The minimum absolute atomic E-state index is 0.140. The molecule has 0 radical (unpaired) electrons. The predicted molar refractivity (Wildman–Crippen MR) is 123 cm³/mol. The third kappa shape index (κ3) is 4.75. The van der Waals surface area contributed by atoms with Crippen molar-refractivity contribution in [2.45, 2.75) is 19.6 Å². The first-order valence-corrected chi connectivity index (χ1v) is 11.5. The van der Waals surface area contributed by atoms with Crippen molar-refractivity contribution >= 4 is 22.8 Å². The van der Waals surface area contributed by atoms with Crippen LogP contribution in [0.25, 0.3) is 22.3 Å². The second-order valence-corrected chi connectivity index (χ2v) is 8.44. The molecule has 10 heteroatoms. The highest BCUT2D eigenvalue weighted by molar-refractivity contribution is 7.98. The van der Waals surface area contributed by atoms with Gasteiger partial charge < -0.3 is 13.9 Å². The normalized spacial score (nSPS) is 11.8.